The Balaban J connectivity index is 1.70. The van der Waals surface area contributed by atoms with Crippen LogP contribution < -0.4 is 10.6 Å². The van der Waals surface area contributed by atoms with Crippen LogP contribution in [0.25, 0.3) is 0 Å². The molecule has 0 aliphatic heterocycles. The number of carbonyl (C=O) groups excluding carboxylic acids is 1. The standard InChI is InChI=1S/C18H14ClFN4O/c1-11-7-13(19)5-6-16(11)24-18-21-9-12(10-22-18)17(25)23-15-4-2-3-14(20)8-15/h2-10H,1H3,(H,23,25)(H,21,22,24). The maximum atomic E-state index is 13.1. The molecule has 0 aliphatic carbocycles. The van der Waals surface area contributed by atoms with Gasteiger partial charge in [-0.1, -0.05) is 17.7 Å². The Bertz CT molecular complexity index is 915. The Labute approximate surface area is 148 Å². The number of nitrogens with zero attached hydrogens (tertiary/aromatic N) is 2. The number of anilines is 3. The van der Waals surface area contributed by atoms with Crippen LogP contribution in [0.15, 0.2) is 54.9 Å². The zero-order valence-corrected chi connectivity index (χ0v) is 14.0. The quantitative estimate of drug-likeness (QED) is 0.718. The number of benzene rings is 2. The van der Waals surface area contributed by atoms with Crippen molar-refractivity contribution in [2.45, 2.75) is 6.92 Å². The van der Waals surface area contributed by atoms with Crippen LogP contribution in [0.4, 0.5) is 21.7 Å². The lowest BCUT2D eigenvalue weighted by Crippen LogP contribution is -2.13. The summed E-state index contributed by atoms with van der Waals surface area (Å²) in [6.45, 7) is 1.91. The predicted octanol–water partition coefficient (Wildman–Crippen LogP) is 4.57. The first kappa shape index (κ1) is 16.9. The molecule has 0 saturated carbocycles. The van der Waals surface area contributed by atoms with Crippen molar-refractivity contribution < 1.29 is 9.18 Å². The summed E-state index contributed by atoms with van der Waals surface area (Å²) in [4.78, 5) is 20.4. The maximum absolute atomic E-state index is 13.1. The lowest BCUT2D eigenvalue weighted by Gasteiger charge is -2.09. The second-order valence-corrected chi connectivity index (χ2v) is 5.78. The van der Waals surface area contributed by atoms with Crippen LogP contribution in [-0.4, -0.2) is 15.9 Å². The molecule has 1 heterocycles. The first-order valence-corrected chi connectivity index (χ1v) is 7.81. The third-order valence-electron chi connectivity index (χ3n) is 3.43. The largest absolute Gasteiger partial charge is 0.324 e. The van der Waals surface area contributed by atoms with Gasteiger partial charge in [0.1, 0.15) is 5.82 Å². The summed E-state index contributed by atoms with van der Waals surface area (Å²) in [5.74, 6) is -0.487. The normalized spacial score (nSPS) is 10.4. The van der Waals surface area contributed by atoms with Crippen LogP contribution in [0, 0.1) is 12.7 Å². The van der Waals surface area contributed by atoms with Crippen LogP contribution in [0.3, 0.4) is 0 Å². The highest BCUT2D eigenvalue weighted by molar-refractivity contribution is 6.30. The monoisotopic (exact) mass is 356 g/mol. The van der Waals surface area contributed by atoms with E-state index in [1.54, 1.807) is 12.1 Å². The highest BCUT2D eigenvalue weighted by Gasteiger charge is 2.09. The minimum absolute atomic E-state index is 0.266. The van der Waals surface area contributed by atoms with E-state index >= 15 is 0 Å². The molecule has 1 aromatic heterocycles. The van der Waals surface area contributed by atoms with Crippen LogP contribution in [0.5, 0.6) is 0 Å². The van der Waals surface area contributed by atoms with Crippen LogP contribution in [0.1, 0.15) is 15.9 Å². The molecule has 1 amide bonds. The fraction of sp³-hybridized carbons (Fsp3) is 0.0556. The van der Waals surface area contributed by atoms with E-state index in [0.717, 1.165) is 11.3 Å². The van der Waals surface area contributed by atoms with Gasteiger partial charge in [-0.15, -0.1) is 0 Å². The number of rotatable bonds is 4. The molecule has 126 valence electrons. The average Bonchev–Trinajstić information content (AvgIpc) is 2.58. The minimum atomic E-state index is -0.424. The van der Waals surface area contributed by atoms with Gasteiger partial charge in [-0.25, -0.2) is 14.4 Å². The van der Waals surface area contributed by atoms with Gasteiger partial charge in [0.15, 0.2) is 0 Å². The summed E-state index contributed by atoms with van der Waals surface area (Å²) in [6, 6.07) is 11.1. The smallest absolute Gasteiger partial charge is 0.258 e. The van der Waals surface area contributed by atoms with E-state index in [9.17, 15) is 9.18 Å². The topological polar surface area (TPSA) is 66.9 Å². The zero-order chi connectivity index (χ0) is 17.8. The Morgan fingerprint density at radius 1 is 1.12 bits per heavy atom. The molecule has 0 bridgehead atoms. The highest BCUT2D eigenvalue weighted by atomic mass is 35.5. The Kier molecular flexibility index (Phi) is 4.90. The Hall–Kier alpha value is -2.99. The van der Waals surface area contributed by atoms with Crippen molar-refractivity contribution in [2.24, 2.45) is 0 Å². The fourth-order valence-electron chi connectivity index (χ4n) is 2.17. The van der Waals surface area contributed by atoms with Crippen molar-refractivity contribution in [1.29, 1.82) is 0 Å². The van der Waals surface area contributed by atoms with Crippen molar-refractivity contribution in [1.82, 2.24) is 9.97 Å². The molecule has 2 aromatic carbocycles. The van der Waals surface area contributed by atoms with Crippen molar-refractivity contribution in [3.63, 3.8) is 0 Å². The molecular weight excluding hydrogens is 343 g/mol. The van der Waals surface area contributed by atoms with Gasteiger partial charge in [-0.05, 0) is 48.9 Å². The molecule has 0 atom stereocenters. The number of halogens is 2. The average molecular weight is 357 g/mol. The van der Waals surface area contributed by atoms with Gasteiger partial charge >= 0.3 is 0 Å². The van der Waals surface area contributed by atoms with Gasteiger partial charge in [0.2, 0.25) is 5.95 Å². The summed E-state index contributed by atoms with van der Waals surface area (Å²) in [7, 11) is 0. The number of nitrogens with one attached hydrogen (secondary N) is 2. The molecule has 0 saturated heterocycles. The number of hydrogen-bond donors (Lipinski definition) is 2. The van der Waals surface area contributed by atoms with E-state index < -0.39 is 11.7 Å². The van der Waals surface area contributed by atoms with Gasteiger partial charge in [0.25, 0.3) is 5.91 Å². The zero-order valence-electron chi connectivity index (χ0n) is 13.3. The summed E-state index contributed by atoms with van der Waals surface area (Å²) in [5.41, 5.74) is 2.40. The molecule has 25 heavy (non-hydrogen) atoms. The number of hydrogen-bond acceptors (Lipinski definition) is 4. The lowest BCUT2D eigenvalue weighted by atomic mass is 10.2. The molecule has 0 aliphatic rings. The predicted molar refractivity (Wildman–Crippen MR) is 95.9 cm³/mol. The molecule has 3 rings (SSSR count). The summed E-state index contributed by atoms with van der Waals surface area (Å²) < 4.78 is 13.1. The van der Waals surface area contributed by atoms with Gasteiger partial charge in [0, 0.05) is 28.8 Å². The fourth-order valence-corrected chi connectivity index (χ4v) is 2.39. The van der Waals surface area contributed by atoms with Crippen molar-refractivity contribution >= 4 is 34.8 Å². The first-order valence-electron chi connectivity index (χ1n) is 7.43. The minimum Gasteiger partial charge on any atom is -0.324 e. The Morgan fingerprint density at radius 3 is 2.56 bits per heavy atom. The Morgan fingerprint density at radius 2 is 1.88 bits per heavy atom. The third kappa shape index (κ3) is 4.30. The van der Waals surface area contributed by atoms with Gasteiger partial charge in [-0.3, -0.25) is 4.79 Å². The van der Waals surface area contributed by atoms with Crippen molar-refractivity contribution in [2.75, 3.05) is 10.6 Å². The van der Waals surface area contributed by atoms with Crippen LogP contribution in [-0.2, 0) is 0 Å². The van der Waals surface area contributed by atoms with Crippen molar-refractivity contribution in [3.8, 4) is 0 Å². The number of aryl methyl sites for hydroxylation is 1. The molecule has 3 aromatic rings. The summed E-state index contributed by atoms with van der Waals surface area (Å²) in [6.07, 6.45) is 2.80. The van der Waals surface area contributed by atoms with Gasteiger partial charge in [0.05, 0.1) is 5.56 Å². The SMILES string of the molecule is Cc1cc(Cl)ccc1Nc1ncc(C(=O)Nc2cccc(F)c2)cn1. The number of aromatic nitrogens is 2. The molecule has 0 fully saturated rings. The lowest BCUT2D eigenvalue weighted by molar-refractivity contribution is 0.102. The van der Waals surface area contributed by atoms with Gasteiger partial charge in [-0.2, -0.15) is 0 Å². The molecule has 7 heteroatoms. The first-order chi connectivity index (χ1) is 12.0. The molecular formula is C18H14ClFN4O. The molecule has 5 nitrogen and oxygen atoms in total. The second kappa shape index (κ2) is 7.27. The van der Waals surface area contributed by atoms with E-state index in [4.69, 9.17) is 11.6 Å². The van der Waals surface area contributed by atoms with Crippen LogP contribution >= 0.6 is 11.6 Å². The maximum Gasteiger partial charge on any atom is 0.258 e. The number of amides is 1. The number of carbonyl (C=O) groups is 1. The highest BCUT2D eigenvalue weighted by Crippen LogP contribution is 2.22. The van der Waals surface area contributed by atoms with E-state index in [0.29, 0.717) is 16.7 Å². The van der Waals surface area contributed by atoms with Crippen LogP contribution in [0.2, 0.25) is 5.02 Å². The molecule has 0 spiro atoms. The summed E-state index contributed by atoms with van der Waals surface area (Å²) in [5, 5.41) is 6.30. The molecule has 0 unspecified atom stereocenters. The molecule has 0 radical (unpaired) electrons. The third-order valence-corrected chi connectivity index (χ3v) is 3.67. The van der Waals surface area contributed by atoms with Gasteiger partial charge < -0.3 is 10.6 Å². The van der Waals surface area contributed by atoms with E-state index in [-0.39, 0.29) is 5.56 Å². The van der Waals surface area contributed by atoms with E-state index in [1.807, 2.05) is 19.1 Å². The second-order valence-electron chi connectivity index (χ2n) is 5.34. The molecule has 2 N–H and O–H groups in total. The van der Waals surface area contributed by atoms with E-state index in [2.05, 4.69) is 20.6 Å². The van der Waals surface area contributed by atoms with E-state index in [1.165, 1.54) is 30.6 Å². The summed E-state index contributed by atoms with van der Waals surface area (Å²) >= 11 is 5.92. The van der Waals surface area contributed by atoms with Crippen molar-refractivity contribution in [3.05, 3.63) is 76.8 Å².